The predicted octanol–water partition coefficient (Wildman–Crippen LogP) is 3.80. The lowest BCUT2D eigenvalue weighted by Gasteiger charge is -2.12. The molecule has 100 valence electrons. The maximum atomic E-state index is 5.73. The van der Waals surface area contributed by atoms with Gasteiger partial charge in [0.1, 0.15) is 11.6 Å². The van der Waals surface area contributed by atoms with Gasteiger partial charge in [0.2, 0.25) is 0 Å². The fraction of sp³-hybridized carbons (Fsp3) is 0.118. The van der Waals surface area contributed by atoms with Crippen LogP contribution in [0.2, 0.25) is 0 Å². The first-order valence-corrected chi connectivity index (χ1v) is 6.49. The number of nitrogen functional groups attached to an aromatic ring is 1. The summed E-state index contributed by atoms with van der Waals surface area (Å²) in [6, 6.07) is 14.2. The highest BCUT2D eigenvalue weighted by atomic mass is 16.5. The minimum Gasteiger partial charge on any atom is -0.496 e. The molecule has 0 amide bonds. The second-order valence-electron chi connectivity index (χ2n) is 4.79. The number of benzene rings is 2. The van der Waals surface area contributed by atoms with Crippen molar-refractivity contribution in [2.45, 2.75) is 6.92 Å². The average molecular weight is 264 g/mol. The number of aryl methyl sites for hydroxylation is 1. The second-order valence-corrected chi connectivity index (χ2v) is 4.79. The number of anilines is 1. The van der Waals surface area contributed by atoms with Crippen molar-refractivity contribution in [1.82, 2.24) is 4.98 Å². The van der Waals surface area contributed by atoms with Crippen LogP contribution in [0.15, 0.2) is 48.7 Å². The lowest BCUT2D eigenvalue weighted by molar-refractivity contribution is 0.420. The molecule has 0 bridgehead atoms. The molecule has 2 N–H and O–H groups in total. The van der Waals surface area contributed by atoms with Gasteiger partial charge >= 0.3 is 0 Å². The van der Waals surface area contributed by atoms with E-state index < -0.39 is 0 Å². The Morgan fingerprint density at radius 2 is 1.75 bits per heavy atom. The molecule has 0 unspecified atom stereocenters. The van der Waals surface area contributed by atoms with E-state index in [0.717, 1.165) is 33.2 Å². The molecule has 20 heavy (non-hydrogen) atoms. The van der Waals surface area contributed by atoms with Crippen LogP contribution in [0.25, 0.3) is 21.9 Å². The molecule has 0 radical (unpaired) electrons. The zero-order chi connectivity index (χ0) is 14.1. The largest absolute Gasteiger partial charge is 0.496 e. The van der Waals surface area contributed by atoms with Gasteiger partial charge in [-0.15, -0.1) is 0 Å². The smallest absolute Gasteiger partial charge is 0.126 e. The Labute approximate surface area is 118 Å². The maximum Gasteiger partial charge on any atom is 0.126 e. The highest BCUT2D eigenvalue weighted by molar-refractivity contribution is 6.00. The average Bonchev–Trinajstić information content (AvgIpc) is 2.47. The Hall–Kier alpha value is -2.55. The third kappa shape index (κ3) is 1.97. The monoisotopic (exact) mass is 264 g/mol. The van der Waals surface area contributed by atoms with Gasteiger partial charge in [-0.05, 0) is 41.6 Å². The van der Waals surface area contributed by atoms with E-state index in [4.69, 9.17) is 10.5 Å². The van der Waals surface area contributed by atoms with Crippen molar-refractivity contribution < 1.29 is 4.74 Å². The molecular formula is C17H16N2O. The van der Waals surface area contributed by atoms with Gasteiger partial charge in [0.05, 0.1) is 7.11 Å². The van der Waals surface area contributed by atoms with Crippen LogP contribution in [0.1, 0.15) is 5.56 Å². The fourth-order valence-electron chi connectivity index (χ4n) is 2.54. The van der Waals surface area contributed by atoms with Crippen molar-refractivity contribution in [3.05, 3.63) is 54.2 Å². The zero-order valence-corrected chi connectivity index (χ0v) is 11.6. The minimum atomic E-state index is 0.545. The van der Waals surface area contributed by atoms with Gasteiger partial charge in [0, 0.05) is 17.1 Å². The number of hydrogen-bond acceptors (Lipinski definition) is 3. The van der Waals surface area contributed by atoms with Crippen molar-refractivity contribution in [3.8, 4) is 16.9 Å². The number of methoxy groups -OCH3 is 1. The van der Waals surface area contributed by atoms with Gasteiger partial charge in [0.25, 0.3) is 0 Å². The maximum absolute atomic E-state index is 5.73. The first-order chi connectivity index (χ1) is 9.70. The summed E-state index contributed by atoms with van der Waals surface area (Å²) in [6.45, 7) is 2.05. The van der Waals surface area contributed by atoms with E-state index in [0.29, 0.717) is 5.82 Å². The quantitative estimate of drug-likeness (QED) is 0.765. The number of ether oxygens (including phenoxy) is 1. The SMILES string of the molecule is COc1ccc(-c2cnc(N)cc2C)c2ccccc12. The zero-order valence-electron chi connectivity index (χ0n) is 11.6. The summed E-state index contributed by atoms with van der Waals surface area (Å²) < 4.78 is 5.43. The molecule has 0 aliphatic rings. The highest BCUT2D eigenvalue weighted by Crippen LogP contribution is 2.35. The third-order valence-electron chi connectivity index (χ3n) is 3.53. The predicted molar refractivity (Wildman–Crippen MR) is 82.9 cm³/mol. The Morgan fingerprint density at radius 1 is 1.00 bits per heavy atom. The van der Waals surface area contributed by atoms with Crippen molar-refractivity contribution in [2.75, 3.05) is 12.8 Å². The molecule has 3 nitrogen and oxygen atoms in total. The van der Waals surface area contributed by atoms with Gasteiger partial charge in [-0.1, -0.05) is 24.3 Å². The Bertz CT molecular complexity index is 781. The van der Waals surface area contributed by atoms with Gasteiger partial charge in [-0.25, -0.2) is 4.98 Å². The number of rotatable bonds is 2. The summed E-state index contributed by atoms with van der Waals surface area (Å²) in [6.07, 6.45) is 1.83. The molecule has 0 saturated carbocycles. The number of nitrogens with two attached hydrogens (primary N) is 1. The van der Waals surface area contributed by atoms with Crippen LogP contribution < -0.4 is 10.5 Å². The van der Waals surface area contributed by atoms with Gasteiger partial charge in [-0.3, -0.25) is 0 Å². The molecule has 3 heteroatoms. The molecule has 3 rings (SSSR count). The molecule has 0 saturated heterocycles. The highest BCUT2D eigenvalue weighted by Gasteiger charge is 2.10. The molecular weight excluding hydrogens is 248 g/mol. The topological polar surface area (TPSA) is 48.1 Å². The third-order valence-corrected chi connectivity index (χ3v) is 3.53. The molecule has 0 spiro atoms. The molecule has 2 aromatic carbocycles. The van der Waals surface area contributed by atoms with E-state index in [1.165, 1.54) is 0 Å². The number of pyridine rings is 1. The lowest BCUT2D eigenvalue weighted by atomic mass is 9.96. The van der Waals surface area contributed by atoms with E-state index in [-0.39, 0.29) is 0 Å². The Kier molecular flexibility index (Phi) is 3.03. The van der Waals surface area contributed by atoms with Crippen LogP contribution >= 0.6 is 0 Å². The van der Waals surface area contributed by atoms with Crippen LogP contribution in [0.4, 0.5) is 5.82 Å². The molecule has 1 aromatic heterocycles. The van der Waals surface area contributed by atoms with Gasteiger partial charge < -0.3 is 10.5 Å². The first kappa shape index (κ1) is 12.5. The van der Waals surface area contributed by atoms with Crippen LogP contribution in [0.5, 0.6) is 5.75 Å². The standard InChI is InChI=1S/C17H16N2O/c1-11-9-17(18)19-10-15(11)13-7-8-16(20-2)14-6-4-3-5-12(13)14/h3-10H,1-2H3,(H2,18,19). The van der Waals surface area contributed by atoms with Crippen LogP contribution in [-0.2, 0) is 0 Å². The van der Waals surface area contributed by atoms with E-state index in [9.17, 15) is 0 Å². The summed E-state index contributed by atoms with van der Waals surface area (Å²) >= 11 is 0. The number of aromatic nitrogens is 1. The molecule has 0 atom stereocenters. The van der Waals surface area contributed by atoms with E-state index in [1.807, 2.05) is 37.4 Å². The molecule has 0 fully saturated rings. The number of nitrogens with zero attached hydrogens (tertiary/aromatic N) is 1. The number of fused-ring (bicyclic) bond motifs is 1. The van der Waals surface area contributed by atoms with Gasteiger partial charge in [-0.2, -0.15) is 0 Å². The summed E-state index contributed by atoms with van der Waals surface area (Å²) in [5, 5.41) is 2.25. The van der Waals surface area contributed by atoms with E-state index in [2.05, 4.69) is 23.2 Å². The lowest BCUT2D eigenvalue weighted by Crippen LogP contribution is -1.94. The summed E-state index contributed by atoms with van der Waals surface area (Å²) in [4.78, 5) is 4.21. The van der Waals surface area contributed by atoms with E-state index >= 15 is 0 Å². The van der Waals surface area contributed by atoms with Crippen LogP contribution in [-0.4, -0.2) is 12.1 Å². The Balaban J connectivity index is 2.32. The van der Waals surface area contributed by atoms with Gasteiger partial charge in [0.15, 0.2) is 0 Å². The Morgan fingerprint density at radius 3 is 2.45 bits per heavy atom. The number of hydrogen-bond donors (Lipinski definition) is 1. The van der Waals surface area contributed by atoms with Crippen molar-refractivity contribution >= 4 is 16.6 Å². The molecule has 0 aliphatic heterocycles. The van der Waals surface area contributed by atoms with Crippen molar-refractivity contribution in [3.63, 3.8) is 0 Å². The van der Waals surface area contributed by atoms with Crippen molar-refractivity contribution in [1.29, 1.82) is 0 Å². The summed E-state index contributed by atoms with van der Waals surface area (Å²) in [5.41, 5.74) is 9.09. The fourth-order valence-corrected chi connectivity index (χ4v) is 2.54. The summed E-state index contributed by atoms with van der Waals surface area (Å²) in [7, 11) is 1.69. The van der Waals surface area contributed by atoms with Crippen molar-refractivity contribution in [2.24, 2.45) is 0 Å². The van der Waals surface area contributed by atoms with E-state index in [1.54, 1.807) is 7.11 Å². The van der Waals surface area contributed by atoms with Crippen LogP contribution in [0.3, 0.4) is 0 Å². The molecule has 0 aliphatic carbocycles. The normalized spacial score (nSPS) is 10.7. The van der Waals surface area contributed by atoms with Crippen LogP contribution in [0, 0.1) is 6.92 Å². The molecule has 1 heterocycles. The summed E-state index contributed by atoms with van der Waals surface area (Å²) in [5.74, 6) is 1.43. The molecule has 3 aromatic rings. The first-order valence-electron chi connectivity index (χ1n) is 6.49. The minimum absolute atomic E-state index is 0.545. The second kappa shape index (κ2) is 4.85.